The minimum absolute atomic E-state index is 0.234. The summed E-state index contributed by atoms with van der Waals surface area (Å²) in [7, 11) is 0. The minimum atomic E-state index is 0.234. The highest BCUT2D eigenvalue weighted by Crippen LogP contribution is 2.25. The van der Waals surface area contributed by atoms with Crippen LogP contribution in [0.4, 0.5) is 0 Å². The van der Waals surface area contributed by atoms with Gasteiger partial charge < -0.3 is 4.90 Å². The Hall–Kier alpha value is -1.04. The number of hydrogen-bond donors (Lipinski definition) is 0. The van der Waals surface area contributed by atoms with E-state index in [-0.39, 0.29) is 11.8 Å². The summed E-state index contributed by atoms with van der Waals surface area (Å²) >= 11 is 0. The number of carbonyl (C=O) groups is 1. The third-order valence-corrected chi connectivity index (χ3v) is 3.14. The van der Waals surface area contributed by atoms with E-state index in [1.807, 2.05) is 11.8 Å². The topological polar surface area (TPSA) is 44.1 Å². The predicted molar refractivity (Wildman–Crippen MR) is 59.1 cm³/mol. The van der Waals surface area contributed by atoms with Gasteiger partial charge in [0.1, 0.15) is 0 Å². The zero-order chi connectivity index (χ0) is 11.1. The average molecular weight is 208 g/mol. The molecule has 0 spiro atoms. The summed E-state index contributed by atoms with van der Waals surface area (Å²) in [4.78, 5) is 13.9. The lowest BCUT2D eigenvalue weighted by Gasteiger charge is -2.27. The highest BCUT2D eigenvalue weighted by molar-refractivity contribution is 5.78. The first-order valence-electron chi connectivity index (χ1n) is 5.95. The average Bonchev–Trinajstić information content (AvgIpc) is 2.31. The van der Waals surface area contributed by atoms with Crippen molar-refractivity contribution in [1.29, 1.82) is 5.26 Å². The molecule has 84 valence electrons. The van der Waals surface area contributed by atoms with Gasteiger partial charge in [0, 0.05) is 19.0 Å². The predicted octanol–water partition coefficient (Wildman–Crippen LogP) is 2.33. The Balaban J connectivity index is 2.44. The molecular formula is C12H20N2O. The quantitative estimate of drug-likeness (QED) is 0.711. The number of carbonyl (C=O) groups excluding carboxylic acids is 1. The van der Waals surface area contributed by atoms with Gasteiger partial charge in [-0.15, -0.1) is 0 Å². The van der Waals surface area contributed by atoms with Gasteiger partial charge in [-0.2, -0.15) is 5.26 Å². The molecule has 0 N–H and O–H groups in total. The Morgan fingerprint density at radius 2 is 2.07 bits per heavy atom. The number of nitriles is 1. The van der Waals surface area contributed by atoms with Gasteiger partial charge in [0.05, 0.1) is 12.5 Å². The van der Waals surface area contributed by atoms with Gasteiger partial charge in [0.25, 0.3) is 0 Å². The molecule has 3 heteroatoms. The molecular weight excluding hydrogens is 188 g/mol. The van der Waals surface area contributed by atoms with E-state index in [9.17, 15) is 4.79 Å². The molecule has 1 aliphatic rings. The lowest BCUT2D eigenvalue weighted by Crippen LogP contribution is -2.37. The van der Waals surface area contributed by atoms with Crippen LogP contribution in [0.25, 0.3) is 0 Å². The first-order valence-corrected chi connectivity index (χ1v) is 5.95. The molecule has 0 bridgehead atoms. The van der Waals surface area contributed by atoms with E-state index in [1.54, 1.807) is 0 Å². The van der Waals surface area contributed by atoms with Crippen molar-refractivity contribution >= 4 is 5.91 Å². The van der Waals surface area contributed by atoms with Crippen LogP contribution in [0.15, 0.2) is 0 Å². The van der Waals surface area contributed by atoms with Crippen molar-refractivity contribution in [3.05, 3.63) is 0 Å². The Labute approximate surface area is 92.1 Å². The van der Waals surface area contributed by atoms with Crippen LogP contribution in [0.5, 0.6) is 0 Å². The Kier molecular flexibility index (Phi) is 5.17. The number of hydrogen-bond acceptors (Lipinski definition) is 2. The summed E-state index contributed by atoms with van der Waals surface area (Å²) < 4.78 is 0. The second-order valence-electron chi connectivity index (χ2n) is 4.16. The van der Waals surface area contributed by atoms with Crippen LogP contribution in [0, 0.1) is 17.2 Å². The zero-order valence-electron chi connectivity index (χ0n) is 9.54. The Morgan fingerprint density at radius 3 is 2.60 bits per heavy atom. The molecule has 3 nitrogen and oxygen atoms in total. The highest BCUT2D eigenvalue weighted by atomic mass is 16.2. The first-order chi connectivity index (χ1) is 7.29. The molecule has 0 aromatic heterocycles. The zero-order valence-corrected chi connectivity index (χ0v) is 9.54. The van der Waals surface area contributed by atoms with Crippen LogP contribution in [-0.2, 0) is 4.79 Å². The molecule has 1 rings (SSSR count). The highest BCUT2D eigenvalue weighted by Gasteiger charge is 2.24. The van der Waals surface area contributed by atoms with Crippen molar-refractivity contribution in [2.45, 2.75) is 45.4 Å². The van der Waals surface area contributed by atoms with E-state index in [0.717, 1.165) is 19.4 Å². The molecule has 0 aromatic carbocycles. The van der Waals surface area contributed by atoms with Crippen molar-refractivity contribution < 1.29 is 4.79 Å². The molecule has 0 aliphatic heterocycles. The molecule has 1 saturated carbocycles. The van der Waals surface area contributed by atoms with Crippen molar-refractivity contribution in [1.82, 2.24) is 4.90 Å². The van der Waals surface area contributed by atoms with Crippen LogP contribution in [0.1, 0.15) is 45.4 Å². The number of nitrogens with zero attached hydrogens (tertiary/aromatic N) is 2. The molecule has 0 atom stereocenters. The summed E-state index contributed by atoms with van der Waals surface area (Å²) in [5, 5.41) is 8.51. The van der Waals surface area contributed by atoms with Crippen LogP contribution in [-0.4, -0.2) is 23.9 Å². The molecule has 15 heavy (non-hydrogen) atoms. The first kappa shape index (κ1) is 12.0. The summed E-state index contributed by atoms with van der Waals surface area (Å²) in [5.41, 5.74) is 0. The molecule has 1 fully saturated rings. The summed E-state index contributed by atoms with van der Waals surface area (Å²) in [5.74, 6) is 0.504. The van der Waals surface area contributed by atoms with Crippen molar-refractivity contribution in [3.63, 3.8) is 0 Å². The Bertz CT molecular complexity index is 238. The SMILES string of the molecule is CCN(CCC#N)C(=O)C1CCCCC1. The molecule has 0 radical (unpaired) electrons. The van der Waals surface area contributed by atoms with Crippen LogP contribution >= 0.6 is 0 Å². The third kappa shape index (κ3) is 3.54. The third-order valence-electron chi connectivity index (χ3n) is 3.14. The fraction of sp³-hybridized carbons (Fsp3) is 0.833. The van der Waals surface area contributed by atoms with Gasteiger partial charge in [-0.05, 0) is 19.8 Å². The number of amides is 1. The van der Waals surface area contributed by atoms with E-state index in [0.29, 0.717) is 13.0 Å². The van der Waals surface area contributed by atoms with Crippen LogP contribution in [0.2, 0.25) is 0 Å². The van der Waals surface area contributed by atoms with Gasteiger partial charge in [-0.3, -0.25) is 4.79 Å². The van der Waals surface area contributed by atoms with Gasteiger partial charge in [0.15, 0.2) is 0 Å². The normalized spacial score (nSPS) is 17.1. The van der Waals surface area contributed by atoms with Crippen molar-refractivity contribution in [2.24, 2.45) is 5.92 Å². The van der Waals surface area contributed by atoms with Crippen molar-refractivity contribution in [2.75, 3.05) is 13.1 Å². The van der Waals surface area contributed by atoms with Gasteiger partial charge in [-0.25, -0.2) is 0 Å². The second-order valence-corrected chi connectivity index (χ2v) is 4.16. The van der Waals surface area contributed by atoms with Gasteiger partial charge in [-0.1, -0.05) is 19.3 Å². The van der Waals surface area contributed by atoms with Crippen LogP contribution < -0.4 is 0 Å². The summed E-state index contributed by atoms with van der Waals surface area (Å²) in [6.45, 7) is 3.32. The molecule has 1 aliphatic carbocycles. The number of rotatable bonds is 4. The van der Waals surface area contributed by atoms with Gasteiger partial charge in [0.2, 0.25) is 5.91 Å². The minimum Gasteiger partial charge on any atom is -0.342 e. The molecule has 0 saturated heterocycles. The lowest BCUT2D eigenvalue weighted by molar-refractivity contribution is -0.136. The van der Waals surface area contributed by atoms with E-state index in [2.05, 4.69) is 6.07 Å². The monoisotopic (exact) mass is 208 g/mol. The van der Waals surface area contributed by atoms with Crippen molar-refractivity contribution in [3.8, 4) is 6.07 Å². The maximum Gasteiger partial charge on any atom is 0.225 e. The van der Waals surface area contributed by atoms with E-state index in [1.165, 1.54) is 19.3 Å². The fourth-order valence-corrected chi connectivity index (χ4v) is 2.22. The molecule has 0 unspecified atom stereocenters. The fourth-order valence-electron chi connectivity index (χ4n) is 2.22. The maximum atomic E-state index is 12.1. The van der Waals surface area contributed by atoms with E-state index in [4.69, 9.17) is 5.26 Å². The lowest BCUT2D eigenvalue weighted by atomic mass is 9.88. The van der Waals surface area contributed by atoms with E-state index >= 15 is 0 Å². The second kappa shape index (κ2) is 6.44. The van der Waals surface area contributed by atoms with E-state index < -0.39 is 0 Å². The summed E-state index contributed by atoms with van der Waals surface area (Å²) in [6.07, 6.45) is 6.18. The van der Waals surface area contributed by atoms with Gasteiger partial charge >= 0.3 is 0 Å². The summed E-state index contributed by atoms with van der Waals surface area (Å²) in [6, 6.07) is 2.10. The van der Waals surface area contributed by atoms with Crippen LogP contribution in [0.3, 0.4) is 0 Å². The largest absolute Gasteiger partial charge is 0.342 e. The molecule has 0 aromatic rings. The molecule has 1 amide bonds. The maximum absolute atomic E-state index is 12.1. The Morgan fingerprint density at radius 1 is 1.40 bits per heavy atom. The smallest absolute Gasteiger partial charge is 0.225 e. The standard InChI is InChI=1S/C12H20N2O/c1-2-14(10-6-9-13)12(15)11-7-4-3-5-8-11/h11H,2-8,10H2,1H3. The molecule has 0 heterocycles.